The molecule has 1 N–H and O–H groups in total. The lowest BCUT2D eigenvalue weighted by atomic mass is 9.81. The molecule has 1 heterocycles. The molecule has 1 fully saturated rings. The van der Waals surface area contributed by atoms with Gasteiger partial charge in [-0.05, 0) is 39.3 Å². The summed E-state index contributed by atoms with van der Waals surface area (Å²) in [6.07, 6.45) is -1.05. The minimum absolute atomic E-state index is 0.0711. The largest absolute Gasteiger partial charge is 0.425 e. The Hall–Kier alpha value is -1.11. The third kappa shape index (κ3) is 3.94. The molecule has 1 aromatic rings. The molecule has 4 nitrogen and oxygen atoms in total. The molecule has 0 amide bonds. The van der Waals surface area contributed by atoms with E-state index in [1.165, 1.54) is 0 Å². The van der Waals surface area contributed by atoms with Gasteiger partial charge >= 0.3 is 6.18 Å². The molecule has 0 aromatic carbocycles. The van der Waals surface area contributed by atoms with Crippen molar-refractivity contribution in [3.8, 4) is 0 Å². The molecule has 7 heteroatoms. The number of hydrogen-bond acceptors (Lipinski definition) is 4. The number of hydrogen-bond donors (Lipinski definition) is 1. The Labute approximate surface area is 116 Å². The van der Waals surface area contributed by atoms with Crippen LogP contribution in [0.25, 0.3) is 0 Å². The zero-order valence-electron chi connectivity index (χ0n) is 11.5. The van der Waals surface area contributed by atoms with Crippen LogP contribution in [0.1, 0.15) is 49.8 Å². The summed E-state index contributed by atoms with van der Waals surface area (Å²) >= 11 is 0. The van der Waals surface area contributed by atoms with Crippen molar-refractivity contribution in [3.05, 3.63) is 11.8 Å². The second-order valence-electron chi connectivity index (χ2n) is 5.34. The Kier molecular flexibility index (Phi) is 5.01. The summed E-state index contributed by atoms with van der Waals surface area (Å²) in [5.74, 6) is -0.593. The summed E-state index contributed by atoms with van der Waals surface area (Å²) in [5.41, 5.74) is 0. The van der Waals surface area contributed by atoms with Crippen molar-refractivity contribution in [2.24, 2.45) is 5.92 Å². The number of aryl methyl sites for hydroxylation is 1. The lowest BCUT2D eigenvalue weighted by molar-refractivity contribution is -0.183. The van der Waals surface area contributed by atoms with E-state index in [2.05, 4.69) is 15.5 Å². The van der Waals surface area contributed by atoms with Gasteiger partial charge in [0.15, 0.2) is 0 Å². The van der Waals surface area contributed by atoms with Gasteiger partial charge < -0.3 is 9.73 Å². The zero-order valence-corrected chi connectivity index (χ0v) is 11.5. The van der Waals surface area contributed by atoms with E-state index in [4.69, 9.17) is 4.42 Å². The van der Waals surface area contributed by atoms with Crippen molar-refractivity contribution < 1.29 is 17.6 Å². The highest BCUT2D eigenvalue weighted by atomic mass is 19.4. The second kappa shape index (κ2) is 6.56. The third-order valence-electron chi connectivity index (χ3n) is 3.79. The van der Waals surface area contributed by atoms with E-state index in [1.54, 1.807) is 0 Å². The molecule has 0 radical (unpaired) electrons. The van der Waals surface area contributed by atoms with Crippen molar-refractivity contribution in [1.29, 1.82) is 0 Å². The van der Waals surface area contributed by atoms with Gasteiger partial charge in [-0.15, -0.1) is 10.2 Å². The molecular formula is C13H20F3N3O. The minimum Gasteiger partial charge on any atom is -0.425 e. The van der Waals surface area contributed by atoms with Gasteiger partial charge in [0, 0.05) is 12.3 Å². The molecule has 2 atom stereocenters. The Morgan fingerprint density at radius 1 is 1.30 bits per heavy atom. The summed E-state index contributed by atoms with van der Waals surface area (Å²) in [6, 6.07) is 0. The Bertz CT molecular complexity index is 419. The standard InChI is InChI=1S/C13H20F3N3O/c1-17-7-3-6-11-18-19-12(20-11)9-4-2-5-10(8-9)13(14,15)16/h9-10,17H,2-8H2,1H3. The lowest BCUT2D eigenvalue weighted by Gasteiger charge is -2.28. The third-order valence-corrected chi connectivity index (χ3v) is 3.79. The Balaban J connectivity index is 1.94. The van der Waals surface area contributed by atoms with E-state index >= 15 is 0 Å². The van der Waals surface area contributed by atoms with Gasteiger partial charge in [0.25, 0.3) is 0 Å². The SMILES string of the molecule is CNCCCc1nnc(C2CCCC(C(F)(F)F)C2)o1. The first-order valence-electron chi connectivity index (χ1n) is 7.04. The van der Waals surface area contributed by atoms with Gasteiger partial charge in [0.1, 0.15) is 0 Å². The summed E-state index contributed by atoms with van der Waals surface area (Å²) < 4.78 is 43.8. The molecule has 0 saturated heterocycles. The van der Waals surface area contributed by atoms with E-state index < -0.39 is 12.1 Å². The van der Waals surface area contributed by atoms with Gasteiger partial charge in [-0.3, -0.25) is 0 Å². The average Bonchev–Trinajstić information content (AvgIpc) is 2.87. The predicted octanol–water partition coefficient (Wildman–Crippen LogP) is 3.06. The van der Waals surface area contributed by atoms with E-state index in [1.807, 2.05) is 7.05 Å². The van der Waals surface area contributed by atoms with Crippen LogP contribution in [0.15, 0.2) is 4.42 Å². The van der Waals surface area contributed by atoms with E-state index in [0.717, 1.165) is 13.0 Å². The first-order valence-corrected chi connectivity index (χ1v) is 7.04. The van der Waals surface area contributed by atoms with Gasteiger partial charge in [0.2, 0.25) is 11.8 Å². The molecule has 1 aromatic heterocycles. The fourth-order valence-corrected chi connectivity index (χ4v) is 2.66. The quantitative estimate of drug-likeness (QED) is 0.847. The first kappa shape index (κ1) is 15.3. The number of rotatable bonds is 5. The minimum atomic E-state index is -4.12. The Morgan fingerprint density at radius 3 is 2.80 bits per heavy atom. The van der Waals surface area contributed by atoms with Crippen LogP contribution in [0.2, 0.25) is 0 Å². The maximum Gasteiger partial charge on any atom is 0.391 e. The molecule has 2 rings (SSSR count). The summed E-state index contributed by atoms with van der Waals surface area (Å²) in [6.45, 7) is 0.845. The molecule has 1 aliphatic carbocycles. The van der Waals surface area contributed by atoms with Crippen LogP contribution in [0.5, 0.6) is 0 Å². The van der Waals surface area contributed by atoms with Gasteiger partial charge in [-0.2, -0.15) is 13.2 Å². The smallest absolute Gasteiger partial charge is 0.391 e. The van der Waals surface area contributed by atoms with Gasteiger partial charge in [-0.1, -0.05) is 6.42 Å². The van der Waals surface area contributed by atoms with Gasteiger partial charge in [-0.25, -0.2) is 0 Å². The highest BCUT2D eigenvalue weighted by Gasteiger charge is 2.43. The predicted molar refractivity (Wildman–Crippen MR) is 67.3 cm³/mol. The van der Waals surface area contributed by atoms with Crippen LogP contribution < -0.4 is 5.32 Å². The van der Waals surface area contributed by atoms with E-state index in [0.29, 0.717) is 31.0 Å². The number of nitrogens with one attached hydrogen (secondary N) is 1. The van der Waals surface area contributed by atoms with Crippen LogP contribution in [0.4, 0.5) is 13.2 Å². The second-order valence-corrected chi connectivity index (χ2v) is 5.34. The summed E-state index contributed by atoms with van der Waals surface area (Å²) in [7, 11) is 1.86. The topological polar surface area (TPSA) is 51.0 Å². The summed E-state index contributed by atoms with van der Waals surface area (Å²) in [5, 5.41) is 10.9. The molecule has 0 aliphatic heterocycles. The monoisotopic (exact) mass is 291 g/mol. The van der Waals surface area contributed by atoms with Crippen molar-refractivity contribution in [3.63, 3.8) is 0 Å². The lowest BCUT2D eigenvalue weighted by Crippen LogP contribution is -2.28. The number of nitrogens with zero attached hydrogens (tertiary/aromatic N) is 2. The molecule has 114 valence electrons. The highest BCUT2D eigenvalue weighted by Crippen LogP contribution is 2.43. The van der Waals surface area contributed by atoms with Crippen molar-refractivity contribution in [2.45, 2.75) is 50.6 Å². The number of aromatic nitrogens is 2. The van der Waals surface area contributed by atoms with Crippen molar-refractivity contribution >= 4 is 0 Å². The summed E-state index contributed by atoms with van der Waals surface area (Å²) in [4.78, 5) is 0. The molecule has 2 unspecified atom stereocenters. The fraction of sp³-hybridized carbons (Fsp3) is 0.846. The molecule has 1 aliphatic rings. The van der Waals surface area contributed by atoms with E-state index in [-0.39, 0.29) is 18.8 Å². The molecule has 0 spiro atoms. The van der Waals surface area contributed by atoms with Crippen LogP contribution in [-0.4, -0.2) is 30.0 Å². The molecule has 1 saturated carbocycles. The van der Waals surface area contributed by atoms with Crippen LogP contribution >= 0.6 is 0 Å². The average molecular weight is 291 g/mol. The maximum atomic E-state index is 12.8. The normalized spacial score (nSPS) is 24.0. The Morgan fingerprint density at radius 2 is 2.10 bits per heavy atom. The van der Waals surface area contributed by atoms with Crippen LogP contribution in [0, 0.1) is 5.92 Å². The van der Waals surface area contributed by atoms with E-state index in [9.17, 15) is 13.2 Å². The maximum absolute atomic E-state index is 12.8. The van der Waals surface area contributed by atoms with Crippen molar-refractivity contribution in [2.75, 3.05) is 13.6 Å². The van der Waals surface area contributed by atoms with Crippen molar-refractivity contribution in [1.82, 2.24) is 15.5 Å². The molecule has 20 heavy (non-hydrogen) atoms. The fourth-order valence-electron chi connectivity index (χ4n) is 2.66. The number of alkyl halides is 3. The van der Waals surface area contributed by atoms with Gasteiger partial charge in [0.05, 0.1) is 5.92 Å². The number of halogens is 3. The van der Waals surface area contributed by atoms with Crippen LogP contribution in [-0.2, 0) is 6.42 Å². The van der Waals surface area contributed by atoms with Crippen LogP contribution in [0.3, 0.4) is 0 Å². The molecular weight excluding hydrogens is 271 g/mol. The molecule has 0 bridgehead atoms. The zero-order chi connectivity index (χ0) is 14.6. The first-order chi connectivity index (χ1) is 9.50. The highest BCUT2D eigenvalue weighted by molar-refractivity contribution is 4.96.